The summed E-state index contributed by atoms with van der Waals surface area (Å²) in [7, 11) is 0. The molecule has 5 heteroatoms. The van der Waals surface area contributed by atoms with Crippen molar-refractivity contribution in [3.05, 3.63) is 35.7 Å². The molecular weight excluding hydrogens is 288 g/mol. The third kappa shape index (κ3) is 2.55. The van der Waals surface area contributed by atoms with Crippen LogP contribution in [-0.4, -0.2) is 31.6 Å². The van der Waals surface area contributed by atoms with E-state index in [1.54, 1.807) is 0 Å². The van der Waals surface area contributed by atoms with Gasteiger partial charge in [-0.2, -0.15) is 0 Å². The number of benzene rings is 1. The fourth-order valence-corrected chi connectivity index (χ4v) is 3.50. The van der Waals surface area contributed by atoms with E-state index in [0.717, 1.165) is 53.9 Å². The maximum absolute atomic E-state index is 9.68. The topological polar surface area (TPSA) is 62.5 Å². The van der Waals surface area contributed by atoms with Gasteiger partial charge in [0.2, 0.25) is 0 Å². The molecule has 0 bridgehead atoms. The molecule has 23 heavy (non-hydrogen) atoms. The summed E-state index contributed by atoms with van der Waals surface area (Å²) in [6.45, 7) is 4.17. The van der Waals surface area contributed by atoms with Gasteiger partial charge < -0.3 is 10.4 Å². The van der Waals surface area contributed by atoms with Crippen LogP contribution in [0, 0.1) is 13.8 Å². The Balaban J connectivity index is 1.81. The van der Waals surface area contributed by atoms with Gasteiger partial charge in [0.1, 0.15) is 0 Å². The molecule has 0 amide bonds. The predicted octanol–water partition coefficient (Wildman–Crippen LogP) is 3.21. The van der Waals surface area contributed by atoms with Crippen LogP contribution in [0.25, 0.3) is 16.7 Å². The standard InChI is InChI=1S/C18H22N4O/c1-11-3-8-15-16(9-11)22-12(2)10-19-18(22)17(21-15)20-13-4-6-14(23)7-5-13/h3,8-10,13-14,23H,4-7H2,1-2H3,(H,20,21). The van der Waals surface area contributed by atoms with Crippen molar-refractivity contribution in [1.29, 1.82) is 0 Å². The Bertz CT molecular complexity index is 862. The van der Waals surface area contributed by atoms with E-state index in [9.17, 15) is 5.11 Å². The minimum atomic E-state index is -0.144. The van der Waals surface area contributed by atoms with Gasteiger partial charge in [-0.05, 0) is 57.2 Å². The molecule has 1 saturated carbocycles. The molecule has 1 aliphatic carbocycles. The highest BCUT2D eigenvalue weighted by molar-refractivity contribution is 5.83. The Morgan fingerprint density at radius 2 is 1.96 bits per heavy atom. The van der Waals surface area contributed by atoms with Crippen LogP contribution in [0.1, 0.15) is 36.9 Å². The molecule has 4 rings (SSSR count). The van der Waals surface area contributed by atoms with Crippen molar-refractivity contribution in [3.8, 4) is 0 Å². The second-order valence-corrected chi connectivity index (χ2v) is 6.66. The third-order valence-corrected chi connectivity index (χ3v) is 4.79. The summed E-state index contributed by atoms with van der Waals surface area (Å²) >= 11 is 0. The summed E-state index contributed by atoms with van der Waals surface area (Å²) in [6.07, 6.45) is 5.41. The van der Waals surface area contributed by atoms with Crippen LogP contribution in [0.3, 0.4) is 0 Å². The molecule has 1 aliphatic rings. The van der Waals surface area contributed by atoms with Gasteiger partial charge in [0.05, 0.1) is 17.1 Å². The van der Waals surface area contributed by atoms with Crippen molar-refractivity contribution in [3.63, 3.8) is 0 Å². The van der Waals surface area contributed by atoms with E-state index < -0.39 is 0 Å². The summed E-state index contributed by atoms with van der Waals surface area (Å²) in [5.74, 6) is 0.843. The van der Waals surface area contributed by atoms with Gasteiger partial charge in [0.15, 0.2) is 11.5 Å². The molecule has 3 aromatic rings. The molecule has 0 spiro atoms. The number of anilines is 1. The van der Waals surface area contributed by atoms with E-state index in [1.807, 2.05) is 6.20 Å². The SMILES string of the molecule is Cc1ccc2nc(NC3CCC(O)CC3)c3ncc(C)n3c2c1. The Labute approximate surface area is 135 Å². The smallest absolute Gasteiger partial charge is 0.180 e. The number of fused-ring (bicyclic) bond motifs is 3. The molecule has 2 N–H and O–H groups in total. The fraction of sp³-hybridized carbons (Fsp3) is 0.444. The van der Waals surface area contributed by atoms with E-state index in [0.29, 0.717) is 6.04 Å². The van der Waals surface area contributed by atoms with Gasteiger partial charge in [0, 0.05) is 17.9 Å². The van der Waals surface area contributed by atoms with E-state index in [1.165, 1.54) is 5.56 Å². The minimum absolute atomic E-state index is 0.144. The lowest BCUT2D eigenvalue weighted by Gasteiger charge is -2.26. The summed E-state index contributed by atoms with van der Waals surface area (Å²) < 4.78 is 2.18. The molecule has 0 radical (unpaired) electrons. The highest BCUT2D eigenvalue weighted by atomic mass is 16.3. The summed E-state index contributed by atoms with van der Waals surface area (Å²) in [6, 6.07) is 6.67. The average Bonchev–Trinajstić information content (AvgIpc) is 2.93. The molecule has 1 aromatic carbocycles. The Hall–Kier alpha value is -2.14. The lowest BCUT2D eigenvalue weighted by molar-refractivity contribution is 0.126. The van der Waals surface area contributed by atoms with E-state index in [2.05, 4.69) is 46.7 Å². The van der Waals surface area contributed by atoms with Crippen LogP contribution >= 0.6 is 0 Å². The first-order chi connectivity index (χ1) is 11.1. The van der Waals surface area contributed by atoms with Crippen molar-refractivity contribution >= 4 is 22.5 Å². The van der Waals surface area contributed by atoms with Crippen molar-refractivity contribution < 1.29 is 5.11 Å². The number of aromatic nitrogens is 3. The summed E-state index contributed by atoms with van der Waals surface area (Å²) in [5, 5.41) is 13.2. The second-order valence-electron chi connectivity index (χ2n) is 6.66. The predicted molar refractivity (Wildman–Crippen MR) is 91.9 cm³/mol. The summed E-state index contributed by atoms with van der Waals surface area (Å²) in [5.41, 5.74) is 5.28. The number of nitrogens with zero attached hydrogens (tertiary/aromatic N) is 3. The highest BCUT2D eigenvalue weighted by Crippen LogP contribution is 2.27. The third-order valence-electron chi connectivity index (χ3n) is 4.79. The Kier molecular flexibility index (Phi) is 3.45. The van der Waals surface area contributed by atoms with Gasteiger partial charge in [-0.1, -0.05) is 6.07 Å². The second kappa shape index (κ2) is 5.49. The monoisotopic (exact) mass is 310 g/mol. The zero-order chi connectivity index (χ0) is 16.0. The number of hydrogen-bond acceptors (Lipinski definition) is 4. The zero-order valence-corrected chi connectivity index (χ0v) is 13.6. The lowest BCUT2D eigenvalue weighted by atomic mass is 9.93. The van der Waals surface area contributed by atoms with Gasteiger partial charge in [-0.15, -0.1) is 0 Å². The normalized spacial score (nSPS) is 21.9. The lowest BCUT2D eigenvalue weighted by Crippen LogP contribution is -2.28. The molecule has 0 unspecified atom stereocenters. The number of aryl methyl sites for hydroxylation is 2. The van der Waals surface area contributed by atoms with E-state index in [4.69, 9.17) is 4.98 Å². The van der Waals surface area contributed by atoms with E-state index >= 15 is 0 Å². The molecule has 5 nitrogen and oxygen atoms in total. The van der Waals surface area contributed by atoms with Gasteiger partial charge in [-0.3, -0.25) is 4.40 Å². The largest absolute Gasteiger partial charge is 0.393 e. The number of hydrogen-bond donors (Lipinski definition) is 2. The van der Waals surface area contributed by atoms with Crippen LogP contribution in [0.5, 0.6) is 0 Å². The van der Waals surface area contributed by atoms with Crippen LogP contribution in [0.4, 0.5) is 5.82 Å². The maximum atomic E-state index is 9.68. The number of rotatable bonds is 2. The van der Waals surface area contributed by atoms with Gasteiger partial charge in [-0.25, -0.2) is 9.97 Å². The van der Waals surface area contributed by atoms with Crippen LogP contribution < -0.4 is 5.32 Å². The number of aliphatic hydroxyl groups is 1. The first kappa shape index (κ1) is 14.5. The fourth-order valence-electron chi connectivity index (χ4n) is 3.50. The van der Waals surface area contributed by atoms with Crippen LogP contribution in [0.2, 0.25) is 0 Å². The maximum Gasteiger partial charge on any atom is 0.180 e. The zero-order valence-electron chi connectivity index (χ0n) is 13.6. The number of nitrogens with one attached hydrogen (secondary N) is 1. The molecule has 1 fully saturated rings. The van der Waals surface area contributed by atoms with Crippen molar-refractivity contribution in [2.45, 2.75) is 51.7 Å². The summed E-state index contributed by atoms with van der Waals surface area (Å²) in [4.78, 5) is 9.38. The highest BCUT2D eigenvalue weighted by Gasteiger charge is 2.21. The molecule has 0 atom stereocenters. The molecule has 120 valence electrons. The van der Waals surface area contributed by atoms with Crippen LogP contribution in [-0.2, 0) is 0 Å². The Morgan fingerprint density at radius 3 is 2.74 bits per heavy atom. The average molecular weight is 310 g/mol. The van der Waals surface area contributed by atoms with Crippen molar-refractivity contribution in [2.75, 3.05) is 5.32 Å². The molecule has 2 heterocycles. The molecule has 0 aliphatic heterocycles. The minimum Gasteiger partial charge on any atom is -0.393 e. The van der Waals surface area contributed by atoms with Gasteiger partial charge >= 0.3 is 0 Å². The van der Waals surface area contributed by atoms with Crippen LogP contribution in [0.15, 0.2) is 24.4 Å². The Morgan fingerprint density at radius 1 is 1.17 bits per heavy atom. The quantitative estimate of drug-likeness (QED) is 0.763. The van der Waals surface area contributed by atoms with E-state index in [-0.39, 0.29) is 6.10 Å². The molecular formula is C18H22N4O. The molecule has 0 saturated heterocycles. The first-order valence-corrected chi connectivity index (χ1v) is 8.31. The first-order valence-electron chi connectivity index (χ1n) is 8.31. The van der Waals surface area contributed by atoms with Gasteiger partial charge in [0.25, 0.3) is 0 Å². The molecule has 2 aromatic heterocycles. The van der Waals surface area contributed by atoms with Crippen molar-refractivity contribution in [2.24, 2.45) is 0 Å². The number of imidazole rings is 1. The number of aliphatic hydroxyl groups excluding tert-OH is 1. The van der Waals surface area contributed by atoms with Crippen molar-refractivity contribution in [1.82, 2.24) is 14.4 Å².